The summed E-state index contributed by atoms with van der Waals surface area (Å²) in [5, 5.41) is 3.26. The van der Waals surface area contributed by atoms with E-state index in [2.05, 4.69) is 28.2 Å². The second kappa shape index (κ2) is 16.4. The number of carbonyl (C=O) groups excluding carboxylic acids is 1. The lowest BCUT2D eigenvalue weighted by atomic mass is 10.1. The van der Waals surface area contributed by atoms with Crippen molar-refractivity contribution >= 4 is 21.8 Å². The van der Waals surface area contributed by atoms with Crippen molar-refractivity contribution in [2.75, 3.05) is 11.9 Å². The van der Waals surface area contributed by atoms with Gasteiger partial charge in [-0.25, -0.2) is 0 Å². The van der Waals surface area contributed by atoms with Gasteiger partial charge in [0, 0.05) is 6.54 Å². The number of alkyl halides is 1. The van der Waals surface area contributed by atoms with Crippen LogP contribution in [0.4, 0.5) is 0 Å². The Morgan fingerprint density at radius 1 is 1.07 bits per heavy atom. The minimum atomic E-state index is 0.0913. The normalized spacial score (nSPS) is 9.07. The summed E-state index contributed by atoms with van der Waals surface area (Å²) in [7, 11) is 0. The minimum Gasteiger partial charge on any atom is -0.355 e. The number of carbonyl (C=O) groups is 1. The van der Waals surface area contributed by atoms with Crippen LogP contribution in [-0.2, 0) is 4.79 Å². The molecule has 0 fully saturated rings. The summed E-state index contributed by atoms with van der Waals surface area (Å²) < 4.78 is 0. The van der Waals surface area contributed by atoms with Gasteiger partial charge < -0.3 is 5.32 Å². The van der Waals surface area contributed by atoms with Crippen molar-refractivity contribution in [1.82, 2.24) is 5.32 Å². The zero-order chi connectivity index (χ0) is 11.9. The zero-order valence-electron chi connectivity index (χ0n) is 10.4. The lowest BCUT2D eigenvalue weighted by molar-refractivity contribution is -0.118. The molecule has 0 aliphatic carbocycles. The van der Waals surface area contributed by atoms with Gasteiger partial charge in [-0.1, -0.05) is 68.8 Å². The summed E-state index contributed by atoms with van der Waals surface area (Å²) in [6.45, 7) is 7.05. The highest BCUT2D eigenvalue weighted by atomic mass is 79.9. The fourth-order valence-corrected chi connectivity index (χ4v) is 1.38. The molecule has 15 heavy (non-hydrogen) atoms. The van der Waals surface area contributed by atoms with Gasteiger partial charge in [0.05, 0.1) is 5.33 Å². The van der Waals surface area contributed by atoms with Crippen LogP contribution in [0, 0.1) is 0 Å². The topological polar surface area (TPSA) is 29.1 Å². The molecule has 0 aromatic heterocycles. The Balaban J connectivity index is 0. The van der Waals surface area contributed by atoms with E-state index in [9.17, 15) is 4.79 Å². The molecule has 3 heteroatoms. The lowest BCUT2D eigenvalue weighted by Gasteiger charge is -2.02. The van der Waals surface area contributed by atoms with Gasteiger partial charge in [0.1, 0.15) is 0 Å². The smallest absolute Gasteiger partial charge is 0.230 e. The third kappa shape index (κ3) is 16.6. The predicted molar refractivity (Wildman–Crippen MR) is 71.5 cm³/mol. The molecular weight excluding hydrogens is 254 g/mol. The first kappa shape index (κ1) is 17.3. The summed E-state index contributed by atoms with van der Waals surface area (Å²) >= 11 is 3.11. The maximum atomic E-state index is 10.8. The SMILES string of the molecule is CC.CCCCCCCCNC(=O)CBr. The van der Waals surface area contributed by atoms with Crippen molar-refractivity contribution in [3.05, 3.63) is 0 Å². The van der Waals surface area contributed by atoms with E-state index in [-0.39, 0.29) is 5.91 Å². The molecular formula is C12H26BrNO. The van der Waals surface area contributed by atoms with Crippen molar-refractivity contribution in [3.63, 3.8) is 0 Å². The summed E-state index contributed by atoms with van der Waals surface area (Å²) in [6.07, 6.45) is 7.63. The van der Waals surface area contributed by atoms with Crippen LogP contribution in [0.15, 0.2) is 0 Å². The number of hydrogen-bond acceptors (Lipinski definition) is 1. The molecule has 0 spiro atoms. The van der Waals surface area contributed by atoms with Gasteiger partial charge in [-0.2, -0.15) is 0 Å². The van der Waals surface area contributed by atoms with Crippen molar-refractivity contribution in [2.45, 2.75) is 59.3 Å². The van der Waals surface area contributed by atoms with Crippen LogP contribution in [0.3, 0.4) is 0 Å². The standard InChI is InChI=1S/C10H20BrNO.C2H6/c1-2-3-4-5-6-7-8-12-10(13)9-11;1-2/h2-9H2,1H3,(H,12,13);1-2H3. The third-order valence-corrected chi connectivity index (χ3v) is 2.48. The second-order valence-corrected chi connectivity index (χ2v) is 3.81. The van der Waals surface area contributed by atoms with Gasteiger partial charge in [-0.15, -0.1) is 0 Å². The minimum absolute atomic E-state index is 0.0913. The van der Waals surface area contributed by atoms with Crippen LogP contribution in [0.5, 0.6) is 0 Å². The van der Waals surface area contributed by atoms with E-state index >= 15 is 0 Å². The van der Waals surface area contributed by atoms with E-state index in [1.807, 2.05) is 13.8 Å². The number of unbranched alkanes of at least 4 members (excludes halogenated alkanes) is 5. The average Bonchev–Trinajstić information content (AvgIpc) is 2.30. The Labute approximate surface area is 103 Å². The molecule has 0 rings (SSSR count). The fourth-order valence-electron chi connectivity index (χ4n) is 1.18. The molecule has 2 nitrogen and oxygen atoms in total. The van der Waals surface area contributed by atoms with Crippen LogP contribution in [0.25, 0.3) is 0 Å². The first-order chi connectivity index (χ1) is 7.31. The second-order valence-electron chi connectivity index (χ2n) is 3.25. The number of nitrogens with one attached hydrogen (secondary N) is 1. The average molecular weight is 280 g/mol. The van der Waals surface area contributed by atoms with Gasteiger partial charge in [-0.05, 0) is 6.42 Å². The maximum Gasteiger partial charge on any atom is 0.230 e. The quantitative estimate of drug-likeness (QED) is 0.530. The van der Waals surface area contributed by atoms with Gasteiger partial charge in [0.15, 0.2) is 0 Å². The van der Waals surface area contributed by atoms with Crippen LogP contribution in [0.2, 0.25) is 0 Å². The Bertz CT molecular complexity index is 129. The number of amides is 1. The van der Waals surface area contributed by atoms with E-state index in [0.29, 0.717) is 5.33 Å². The van der Waals surface area contributed by atoms with Gasteiger partial charge in [0.25, 0.3) is 0 Å². The van der Waals surface area contributed by atoms with E-state index in [1.54, 1.807) is 0 Å². The van der Waals surface area contributed by atoms with Gasteiger partial charge in [0.2, 0.25) is 5.91 Å². The van der Waals surface area contributed by atoms with Crippen LogP contribution in [-0.4, -0.2) is 17.8 Å². The molecule has 0 aromatic rings. The Morgan fingerprint density at radius 3 is 2.13 bits per heavy atom. The molecule has 92 valence electrons. The van der Waals surface area contributed by atoms with Crippen LogP contribution >= 0.6 is 15.9 Å². The van der Waals surface area contributed by atoms with E-state index in [1.165, 1.54) is 32.1 Å². The first-order valence-corrected chi connectivity index (χ1v) is 7.26. The van der Waals surface area contributed by atoms with Gasteiger partial charge >= 0.3 is 0 Å². The van der Waals surface area contributed by atoms with E-state index in [0.717, 1.165) is 13.0 Å². The van der Waals surface area contributed by atoms with Crippen LogP contribution < -0.4 is 5.32 Å². The van der Waals surface area contributed by atoms with Crippen LogP contribution in [0.1, 0.15) is 59.3 Å². The molecule has 1 amide bonds. The molecule has 0 aliphatic rings. The van der Waals surface area contributed by atoms with Crippen molar-refractivity contribution < 1.29 is 4.79 Å². The van der Waals surface area contributed by atoms with Crippen molar-refractivity contribution in [2.24, 2.45) is 0 Å². The summed E-state index contributed by atoms with van der Waals surface area (Å²) in [5.41, 5.74) is 0. The molecule has 0 heterocycles. The monoisotopic (exact) mass is 279 g/mol. The highest BCUT2D eigenvalue weighted by Gasteiger charge is 1.95. The highest BCUT2D eigenvalue weighted by molar-refractivity contribution is 9.09. The molecule has 0 bridgehead atoms. The van der Waals surface area contributed by atoms with E-state index in [4.69, 9.17) is 0 Å². The zero-order valence-corrected chi connectivity index (χ0v) is 12.0. The Kier molecular flexibility index (Phi) is 18.9. The molecule has 0 aromatic carbocycles. The van der Waals surface area contributed by atoms with E-state index < -0.39 is 0 Å². The molecule has 1 N–H and O–H groups in total. The highest BCUT2D eigenvalue weighted by Crippen LogP contribution is 2.03. The lowest BCUT2D eigenvalue weighted by Crippen LogP contribution is -2.25. The van der Waals surface area contributed by atoms with Gasteiger partial charge in [-0.3, -0.25) is 4.79 Å². The Morgan fingerprint density at radius 2 is 1.60 bits per heavy atom. The summed E-state index contributed by atoms with van der Waals surface area (Å²) in [4.78, 5) is 10.8. The van der Waals surface area contributed by atoms with Crippen molar-refractivity contribution in [3.8, 4) is 0 Å². The fraction of sp³-hybridized carbons (Fsp3) is 0.917. The molecule has 0 aliphatic heterocycles. The Hall–Kier alpha value is -0.0500. The third-order valence-electron chi connectivity index (χ3n) is 1.97. The molecule has 0 unspecified atom stereocenters. The largest absolute Gasteiger partial charge is 0.355 e. The molecule has 0 saturated heterocycles. The number of rotatable bonds is 8. The number of hydrogen-bond donors (Lipinski definition) is 1. The molecule has 0 atom stereocenters. The predicted octanol–water partition coefficient (Wildman–Crippen LogP) is 3.88. The summed E-state index contributed by atoms with van der Waals surface area (Å²) in [6, 6.07) is 0. The summed E-state index contributed by atoms with van der Waals surface area (Å²) in [5.74, 6) is 0.0913. The maximum absolute atomic E-state index is 10.8. The molecule has 0 radical (unpaired) electrons. The number of halogens is 1. The van der Waals surface area contributed by atoms with Crippen molar-refractivity contribution in [1.29, 1.82) is 0 Å². The molecule has 0 saturated carbocycles. The first-order valence-electron chi connectivity index (χ1n) is 6.14.